The number of benzene rings is 2. The molecule has 0 saturated heterocycles. The molecule has 0 aromatic heterocycles. The number of rotatable bonds is 7. The number of hydrogen-bond acceptors (Lipinski definition) is 3. The lowest BCUT2D eigenvalue weighted by molar-refractivity contribution is -0.117. The number of ether oxygens (including phenoxy) is 1. The molecule has 2 amide bonds. The standard InChI is InChI=1S/C20H23FN2O3/c1-14(2)26-19-10-5-4-9-18(19)23(15(3)24)12-11-20(25)22-17-8-6-7-16(21)13-17/h4-10,13-14H,11-12H2,1-3H3,(H,22,25). The summed E-state index contributed by atoms with van der Waals surface area (Å²) in [5.74, 6) is -0.330. The summed E-state index contributed by atoms with van der Waals surface area (Å²) in [5, 5.41) is 2.63. The van der Waals surface area contributed by atoms with Gasteiger partial charge in [-0.1, -0.05) is 18.2 Å². The Balaban J connectivity index is 2.07. The zero-order valence-corrected chi connectivity index (χ0v) is 15.2. The first-order chi connectivity index (χ1) is 12.4. The van der Waals surface area contributed by atoms with Crippen molar-refractivity contribution >= 4 is 23.2 Å². The van der Waals surface area contributed by atoms with Crippen LogP contribution in [0.1, 0.15) is 27.2 Å². The van der Waals surface area contributed by atoms with Gasteiger partial charge in [-0.25, -0.2) is 4.39 Å². The Bertz CT molecular complexity index is 777. The molecule has 0 aliphatic heterocycles. The van der Waals surface area contributed by atoms with E-state index in [0.717, 1.165) is 0 Å². The maximum Gasteiger partial charge on any atom is 0.226 e. The monoisotopic (exact) mass is 358 g/mol. The molecule has 0 aliphatic carbocycles. The van der Waals surface area contributed by atoms with Crippen molar-refractivity contribution in [3.8, 4) is 5.75 Å². The third-order valence-electron chi connectivity index (χ3n) is 3.57. The van der Waals surface area contributed by atoms with E-state index in [-0.39, 0.29) is 30.9 Å². The Morgan fingerprint density at radius 2 is 1.88 bits per heavy atom. The second-order valence-corrected chi connectivity index (χ2v) is 6.11. The van der Waals surface area contributed by atoms with E-state index in [1.54, 1.807) is 18.2 Å². The number of amides is 2. The molecule has 0 radical (unpaired) electrons. The second-order valence-electron chi connectivity index (χ2n) is 6.11. The van der Waals surface area contributed by atoms with Crippen LogP contribution in [0.5, 0.6) is 5.75 Å². The molecule has 0 fully saturated rings. The van der Waals surface area contributed by atoms with E-state index in [2.05, 4.69) is 5.32 Å². The third-order valence-corrected chi connectivity index (χ3v) is 3.57. The zero-order chi connectivity index (χ0) is 19.1. The van der Waals surface area contributed by atoms with Gasteiger partial charge >= 0.3 is 0 Å². The van der Waals surface area contributed by atoms with E-state index in [1.807, 2.05) is 26.0 Å². The van der Waals surface area contributed by atoms with Crippen molar-refractivity contribution in [1.29, 1.82) is 0 Å². The second kappa shape index (κ2) is 8.99. The smallest absolute Gasteiger partial charge is 0.226 e. The van der Waals surface area contributed by atoms with Crippen LogP contribution < -0.4 is 15.0 Å². The van der Waals surface area contributed by atoms with Gasteiger partial charge < -0.3 is 15.0 Å². The molecule has 138 valence electrons. The minimum Gasteiger partial charge on any atom is -0.489 e. The van der Waals surface area contributed by atoms with Crippen molar-refractivity contribution in [3.63, 3.8) is 0 Å². The number of carbonyl (C=O) groups excluding carboxylic acids is 2. The van der Waals surface area contributed by atoms with Gasteiger partial charge in [-0.15, -0.1) is 0 Å². The lowest BCUT2D eigenvalue weighted by Crippen LogP contribution is -2.32. The van der Waals surface area contributed by atoms with Crippen molar-refractivity contribution in [3.05, 3.63) is 54.3 Å². The van der Waals surface area contributed by atoms with E-state index in [0.29, 0.717) is 17.1 Å². The molecule has 5 nitrogen and oxygen atoms in total. The van der Waals surface area contributed by atoms with Gasteiger partial charge in [0.2, 0.25) is 11.8 Å². The van der Waals surface area contributed by atoms with E-state index < -0.39 is 5.82 Å². The van der Waals surface area contributed by atoms with E-state index in [9.17, 15) is 14.0 Å². The lowest BCUT2D eigenvalue weighted by Gasteiger charge is -2.24. The maximum atomic E-state index is 13.2. The minimum atomic E-state index is -0.423. The van der Waals surface area contributed by atoms with Crippen LogP contribution in [0.4, 0.5) is 15.8 Å². The summed E-state index contributed by atoms with van der Waals surface area (Å²) in [6.07, 6.45) is 0.0350. The zero-order valence-electron chi connectivity index (χ0n) is 15.2. The SMILES string of the molecule is CC(=O)N(CCC(=O)Nc1cccc(F)c1)c1ccccc1OC(C)C. The molecule has 0 saturated carbocycles. The predicted octanol–water partition coefficient (Wildman–Crippen LogP) is 3.99. The summed E-state index contributed by atoms with van der Waals surface area (Å²) >= 11 is 0. The molecule has 2 rings (SSSR count). The Hall–Kier alpha value is -2.89. The molecule has 26 heavy (non-hydrogen) atoms. The number of anilines is 2. The molecule has 0 spiro atoms. The molecule has 0 unspecified atom stereocenters. The van der Waals surface area contributed by atoms with Crippen LogP contribution in [0.25, 0.3) is 0 Å². The van der Waals surface area contributed by atoms with Gasteiger partial charge in [-0.05, 0) is 44.2 Å². The summed E-state index contributed by atoms with van der Waals surface area (Å²) in [6, 6.07) is 12.9. The highest BCUT2D eigenvalue weighted by atomic mass is 19.1. The summed E-state index contributed by atoms with van der Waals surface area (Å²) < 4.78 is 18.9. The van der Waals surface area contributed by atoms with Crippen LogP contribution in [-0.4, -0.2) is 24.5 Å². The highest BCUT2D eigenvalue weighted by Gasteiger charge is 2.18. The van der Waals surface area contributed by atoms with Gasteiger partial charge in [0, 0.05) is 25.6 Å². The normalized spacial score (nSPS) is 10.5. The average Bonchev–Trinajstić information content (AvgIpc) is 2.55. The molecular weight excluding hydrogens is 335 g/mol. The van der Waals surface area contributed by atoms with Crippen molar-refractivity contribution in [2.75, 3.05) is 16.8 Å². The van der Waals surface area contributed by atoms with E-state index in [1.165, 1.54) is 30.0 Å². The van der Waals surface area contributed by atoms with E-state index >= 15 is 0 Å². The van der Waals surface area contributed by atoms with Crippen LogP contribution in [0.15, 0.2) is 48.5 Å². The number of hydrogen-bond donors (Lipinski definition) is 1. The summed E-state index contributed by atoms with van der Waals surface area (Å²) in [7, 11) is 0. The van der Waals surface area contributed by atoms with Crippen LogP contribution in [0, 0.1) is 5.82 Å². The van der Waals surface area contributed by atoms with Gasteiger partial charge in [0.1, 0.15) is 11.6 Å². The number of nitrogens with one attached hydrogen (secondary N) is 1. The summed E-state index contributed by atoms with van der Waals surface area (Å²) in [6.45, 7) is 5.44. The van der Waals surface area contributed by atoms with Gasteiger partial charge in [-0.3, -0.25) is 9.59 Å². The Kier molecular flexibility index (Phi) is 6.72. The molecule has 2 aromatic rings. The lowest BCUT2D eigenvalue weighted by atomic mass is 10.2. The van der Waals surface area contributed by atoms with Crippen molar-refractivity contribution in [2.45, 2.75) is 33.3 Å². The van der Waals surface area contributed by atoms with Crippen LogP contribution in [0.3, 0.4) is 0 Å². The molecular formula is C20H23FN2O3. The fourth-order valence-electron chi connectivity index (χ4n) is 2.48. The molecule has 0 bridgehead atoms. The molecule has 0 heterocycles. The molecule has 0 atom stereocenters. The average molecular weight is 358 g/mol. The highest BCUT2D eigenvalue weighted by molar-refractivity contribution is 5.95. The van der Waals surface area contributed by atoms with Crippen molar-refractivity contribution in [1.82, 2.24) is 0 Å². The van der Waals surface area contributed by atoms with Crippen molar-refractivity contribution < 1.29 is 18.7 Å². The van der Waals surface area contributed by atoms with Crippen LogP contribution >= 0.6 is 0 Å². The van der Waals surface area contributed by atoms with Crippen molar-refractivity contribution in [2.24, 2.45) is 0 Å². The first-order valence-corrected chi connectivity index (χ1v) is 8.46. The molecule has 6 heteroatoms. The molecule has 1 N–H and O–H groups in total. The Labute approximate surface area is 152 Å². The van der Waals surface area contributed by atoms with Gasteiger partial charge in [0.15, 0.2) is 0 Å². The van der Waals surface area contributed by atoms with Gasteiger partial charge in [-0.2, -0.15) is 0 Å². The Morgan fingerprint density at radius 1 is 1.15 bits per heavy atom. The van der Waals surface area contributed by atoms with Gasteiger partial charge in [0.25, 0.3) is 0 Å². The van der Waals surface area contributed by atoms with Crippen LogP contribution in [0.2, 0.25) is 0 Å². The Morgan fingerprint density at radius 3 is 2.54 bits per heavy atom. The fourth-order valence-corrected chi connectivity index (χ4v) is 2.48. The number of para-hydroxylation sites is 2. The maximum absolute atomic E-state index is 13.2. The number of nitrogens with zero attached hydrogens (tertiary/aromatic N) is 1. The largest absolute Gasteiger partial charge is 0.489 e. The molecule has 2 aromatic carbocycles. The summed E-state index contributed by atoms with van der Waals surface area (Å²) in [4.78, 5) is 25.7. The topological polar surface area (TPSA) is 58.6 Å². The van der Waals surface area contributed by atoms with E-state index in [4.69, 9.17) is 4.74 Å². The highest BCUT2D eigenvalue weighted by Crippen LogP contribution is 2.29. The van der Waals surface area contributed by atoms with Crippen LogP contribution in [-0.2, 0) is 9.59 Å². The third kappa shape index (κ3) is 5.58. The first kappa shape index (κ1) is 19.4. The van der Waals surface area contributed by atoms with Gasteiger partial charge in [0.05, 0.1) is 11.8 Å². The fraction of sp³-hybridized carbons (Fsp3) is 0.300. The quantitative estimate of drug-likeness (QED) is 0.814. The first-order valence-electron chi connectivity index (χ1n) is 8.46. The predicted molar refractivity (Wildman–Crippen MR) is 99.9 cm³/mol. The molecule has 0 aliphatic rings. The minimum absolute atomic E-state index is 0.0405. The number of halogens is 1. The summed E-state index contributed by atoms with van der Waals surface area (Å²) in [5.41, 5.74) is 1.00. The number of carbonyl (C=O) groups is 2.